The molecule has 0 saturated heterocycles. The predicted molar refractivity (Wildman–Crippen MR) is 194 cm³/mol. The van der Waals surface area contributed by atoms with Crippen molar-refractivity contribution in [3.63, 3.8) is 0 Å². The number of fused-ring (bicyclic) bond motifs is 1. The summed E-state index contributed by atoms with van der Waals surface area (Å²) in [5.41, 5.74) is 25.5. The molecular formula is C37H56N8O. The van der Waals surface area contributed by atoms with Crippen LogP contribution >= 0.6 is 0 Å². The summed E-state index contributed by atoms with van der Waals surface area (Å²) in [6.07, 6.45) is 6.18. The summed E-state index contributed by atoms with van der Waals surface area (Å²) in [7, 11) is 0. The Kier molecular flexibility index (Phi) is 12.7. The van der Waals surface area contributed by atoms with Crippen LogP contribution in [-0.2, 0) is 23.8 Å². The maximum absolute atomic E-state index is 12.5. The first kappa shape index (κ1) is 36.5. The summed E-state index contributed by atoms with van der Waals surface area (Å²) in [6.45, 7) is 20.7. The lowest BCUT2D eigenvalue weighted by Gasteiger charge is -2.24. The summed E-state index contributed by atoms with van der Waals surface area (Å²) in [4.78, 5) is 23.9. The fourth-order valence-electron chi connectivity index (χ4n) is 5.33. The van der Waals surface area contributed by atoms with E-state index in [-0.39, 0.29) is 22.5 Å². The van der Waals surface area contributed by atoms with Crippen LogP contribution in [0, 0.1) is 13.8 Å². The van der Waals surface area contributed by atoms with Crippen LogP contribution in [0.5, 0.6) is 0 Å². The van der Waals surface area contributed by atoms with Crippen molar-refractivity contribution in [3.05, 3.63) is 92.7 Å². The highest BCUT2D eigenvalue weighted by molar-refractivity contribution is 5.76. The molecule has 0 radical (unpaired) electrons. The first-order valence-electron chi connectivity index (χ1n) is 16.4. The van der Waals surface area contributed by atoms with Crippen LogP contribution < -0.4 is 28.2 Å². The van der Waals surface area contributed by atoms with Gasteiger partial charge in [-0.2, -0.15) is 4.98 Å². The van der Waals surface area contributed by atoms with Gasteiger partial charge in [0.05, 0.1) is 5.69 Å². The highest BCUT2D eigenvalue weighted by Crippen LogP contribution is 2.29. The number of nitrogens with one attached hydrogen (secondary N) is 2. The summed E-state index contributed by atoms with van der Waals surface area (Å²) in [6, 6.07) is 14.7. The summed E-state index contributed by atoms with van der Waals surface area (Å²) in [5.74, 6) is 0.123. The van der Waals surface area contributed by atoms with Crippen LogP contribution in [0.2, 0.25) is 0 Å². The number of benzene rings is 2. The van der Waals surface area contributed by atoms with Gasteiger partial charge < -0.3 is 27.5 Å². The van der Waals surface area contributed by atoms with Crippen molar-refractivity contribution >= 4 is 17.0 Å². The molecule has 0 spiro atoms. The van der Waals surface area contributed by atoms with E-state index < -0.39 is 0 Å². The standard InChI is InChI=1S/C21H29N7O.C16H27N/c1-21(2,3)17-11-15-13-28(20(29)27-18(15)26-17)16-7-5-14(6-8-16)12-24-9-4-10-25-19(22)23;1-12-10-14(8-6-7-9-17)11-15(13(12)2)16(3,4)5/h5-8,11,13,24H,4,9-10,12H2,1-3H3,(H4,22,23,25)(H,26,27,29);10-11H,6-9,17H2,1-5H3. The minimum Gasteiger partial charge on any atom is -0.370 e. The van der Waals surface area contributed by atoms with Crippen molar-refractivity contribution in [1.29, 1.82) is 0 Å². The van der Waals surface area contributed by atoms with Crippen LogP contribution in [0.15, 0.2) is 58.4 Å². The van der Waals surface area contributed by atoms with Gasteiger partial charge in [0, 0.05) is 35.8 Å². The molecule has 9 nitrogen and oxygen atoms in total. The number of nitrogens with zero attached hydrogens (tertiary/aromatic N) is 3. The van der Waals surface area contributed by atoms with Crippen LogP contribution in [0.1, 0.15) is 94.3 Å². The van der Waals surface area contributed by atoms with E-state index in [1.165, 1.54) is 28.7 Å². The quantitative estimate of drug-likeness (QED) is 0.0822. The molecular weight excluding hydrogens is 572 g/mol. The highest BCUT2D eigenvalue weighted by atomic mass is 16.1. The molecule has 4 rings (SSSR count). The third kappa shape index (κ3) is 10.6. The highest BCUT2D eigenvalue weighted by Gasteiger charge is 2.19. The largest absolute Gasteiger partial charge is 0.370 e. The Hall–Kier alpha value is -3.95. The number of unbranched alkanes of at least 4 members (excludes halogenated alkanes) is 1. The average molecular weight is 629 g/mol. The molecule has 0 aliphatic carbocycles. The van der Waals surface area contributed by atoms with Gasteiger partial charge in [0.1, 0.15) is 5.65 Å². The van der Waals surface area contributed by atoms with Gasteiger partial charge in [0.15, 0.2) is 5.96 Å². The van der Waals surface area contributed by atoms with E-state index in [9.17, 15) is 4.79 Å². The fraction of sp³-hybridized carbons (Fsp3) is 0.486. The van der Waals surface area contributed by atoms with Crippen molar-refractivity contribution in [2.45, 2.75) is 98.4 Å². The summed E-state index contributed by atoms with van der Waals surface area (Å²) < 4.78 is 1.58. The van der Waals surface area contributed by atoms with Crippen LogP contribution in [-0.4, -0.2) is 40.1 Å². The van der Waals surface area contributed by atoms with Crippen LogP contribution in [0.4, 0.5) is 0 Å². The van der Waals surface area contributed by atoms with E-state index in [1.54, 1.807) is 4.57 Å². The third-order valence-electron chi connectivity index (χ3n) is 8.12. The monoisotopic (exact) mass is 628 g/mol. The number of aromatic amines is 1. The normalized spacial score (nSPS) is 11.8. The molecule has 0 unspecified atom stereocenters. The first-order chi connectivity index (χ1) is 21.6. The molecule has 250 valence electrons. The number of hydrogen-bond donors (Lipinski definition) is 5. The molecule has 0 bridgehead atoms. The number of aromatic nitrogens is 3. The minimum absolute atomic E-state index is 0.0352. The Morgan fingerprint density at radius 1 is 0.935 bits per heavy atom. The lowest BCUT2D eigenvalue weighted by Crippen LogP contribution is -2.23. The molecule has 2 heterocycles. The van der Waals surface area contributed by atoms with E-state index in [2.05, 4.69) is 93.9 Å². The molecule has 0 saturated carbocycles. The van der Waals surface area contributed by atoms with Gasteiger partial charge >= 0.3 is 5.69 Å². The number of aliphatic imine (C=N–C) groups is 1. The molecule has 0 aliphatic rings. The Labute approximate surface area is 275 Å². The smallest absolute Gasteiger partial charge is 0.354 e. The van der Waals surface area contributed by atoms with Gasteiger partial charge in [-0.25, -0.2) is 4.79 Å². The second kappa shape index (κ2) is 16.1. The Balaban J connectivity index is 0.000000289. The number of guanidine groups is 1. The summed E-state index contributed by atoms with van der Waals surface area (Å²) >= 11 is 0. The van der Waals surface area contributed by atoms with Gasteiger partial charge in [0.2, 0.25) is 0 Å². The molecule has 0 aliphatic heterocycles. The molecule has 0 amide bonds. The zero-order chi connectivity index (χ0) is 34.1. The molecule has 0 atom stereocenters. The van der Waals surface area contributed by atoms with Gasteiger partial charge in [0.25, 0.3) is 0 Å². The van der Waals surface area contributed by atoms with Crippen molar-refractivity contribution in [3.8, 4) is 5.69 Å². The Morgan fingerprint density at radius 2 is 1.63 bits per heavy atom. The molecule has 2 aromatic heterocycles. The van der Waals surface area contributed by atoms with E-state index in [4.69, 9.17) is 17.2 Å². The average Bonchev–Trinajstić information content (AvgIpc) is 3.40. The molecule has 46 heavy (non-hydrogen) atoms. The molecule has 8 N–H and O–H groups in total. The Bertz CT molecular complexity index is 1650. The SMILES string of the molecule is CC(C)(C)c1cc2cn(-c3ccc(CNCCCN=C(N)N)cc3)c(=O)nc2[nH]1.Cc1cc(CCCCN)cc(C(C)(C)C)c1C. The molecule has 9 heteroatoms. The molecule has 4 aromatic rings. The lowest BCUT2D eigenvalue weighted by atomic mass is 9.81. The van der Waals surface area contributed by atoms with Gasteiger partial charge in [-0.15, -0.1) is 0 Å². The summed E-state index contributed by atoms with van der Waals surface area (Å²) in [5, 5.41) is 4.27. The number of nitrogens with two attached hydrogens (primary N) is 3. The first-order valence-corrected chi connectivity index (χ1v) is 16.4. The predicted octanol–water partition coefficient (Wildman–Crippen LogP) is 5.65. The van der Waals surface area contributed by atoms with E-state index in [0.717, 1.165) is 61.2 Å². The van der Waals surface area contributed by atoms with Crippen molar-refractivity contribution in [1.82, 2.24) is 19.9 Å². The van der Waals surface area contributed by atoms with E-state index in [0.29, 0.717) is 12.2 Å². The number of rotatable bonds is 11. The van der Waals surface area contributed by atoms with Gasteiger partial charge in [-0.05, 0) is 104 Å². The zero-order valence-corrected chi connectivity index (χ0v) is 29.3. The number of aryl methyl sites for hydroxylation is 2. The van der Waals surface area contributed by atoms with Gasteiger partial charge in [-0.3, -0.25) is 9.56 Å². The number of hydrogen-bond acceptors (Lipinski definition) is 5. The fourth-order valence-corrected chi connectivity index (χ4v) is 5.33. The van der Waals surface area contributed by atoms with Crippen LogP contribution in [0.25, 0.3) is 16.7 Å². The second-order valence-corrected chi connectivity index (χ2v) is 14.2. The van der Waals surface area contributed by atoms with Gasteiger partial charge in [-0.1, -0.05) is 65.8 Å². The van der Waals surface area contributed by atoms with Crippen molar-refractivity contribution in [2.24, 2.45) is 22.2 Å². The van der Waals surface area contributed by atoms with Crippen molar-refractivity contribution < 1.29 is 0 Å². The zero-order valence-electron chi connectivity index (χ0n) is 29.3. The van der Waals surface area contributed by atoms with E-state index in [1.807, 2.05) is 30.5 Å². The van der Waals surface area contributed by atoms with Crippen LogP contribution in [0.3, 0.4) is 0 Å². The molecule has 0 fully saturated rings. The lowest BCUT2D eigenvalue weighted by molar-refractivity contribution is 0.574. The molecule has 2 aromatic carbocycles. The topological polar surface area (TPSA) is 153 Å². The Morgan fingerprint density at radius 3 is 2.24 bits per heavy atom. The van der Waals surface area contributed by atoms with Crippen molar-refractivity contribution in [2.75, 3.05) is 19.6 Å². The maximum atomic E-state index is 12.5. The number of H-pyrrole nitrogens is 1. The van der Waals surface area contributed by atoms with E-state index >= 15 is 0 Å². The second-order valence-electron chi connectivity index (χ2n) is 14.2. The maximum Gasteiger partial charge on any atom is 0.354 e. The minimum atomic E-state index is -0.301. The third-order valence-corrected chi connectivity index (χ3v) is 8.12.